The molecule has 2 heteroatoms. The summed E-state index contributed by atoms with van der Waals surface area (Å²) >= 11 is 0. The quantitative estimate of drug-likeness (QED) is 0.866. The van der Waals surface area contributed by atoms with E-state index in [0.717, 1.165) is 31.5 Å². The van der Waals surface area contributed by atoms with Gasteiger partial charge in [0.05, 0.1) is 0 Å². The van der Waals surface area contributed by atoms with Crippen molar-refractivity contribution in [2.24, 2.45) is 5.41 Å². The van der Waals surface area contributed by atoms with Gasteiger partial charge in [0.15, 0.2) is 0 Å². The van der Waals surface area contributed by atoms with E-state index in [1.807, 2.05) is 12.1 Å². The second-order valence-electron chi connectivity index (χ2n) is 5.43. The van der Waals surface area contributed by atoms with Crippen LogP contribution in [0.3, 0.4) is 0 Å². The number of aryl methyl sites for hydroxylation is 1. The van der Waals surface area contributed by atoms with Crippen LogP contribution in [-0.2, 0) is 11.2 Å². The van der Waals surface area contributed by atoms with Crippen LogP contribution in [0.5, 0.6) is 0 Å². The Morgan fingerprint density at radius 2 is 2.29 bits per heavy atom. The van der Waals surface area contributed by atoms with Gasteiger partial charge in [-0.05, 0) is 31.9 Å². The number of Topliss-reactive ketones (excluding diaryl/α,β-unsaturated/α-hetero) is 1. The second-order valence-corrected chi connectivity index (χ2v) is 5.43. The molecule has 2 rings (SSSR count). The van der Waals surface area contributed by atoms with E-state index in [0.29, 0.717) is 12.2 Å². The number of hydrogen-bond acceptors (Lipinski definition) is 2. The summed E-state index contributed by atoms with van der Waals surface area (Å²) in [6.07, 6.45) is 2.70. The number of benzene rings is 1. The summed E-state index contributed by atoms with van der Waals surface area (Å²) in [5, 5.41) is 3.33. The molecule has 1 aliphatic heterocycles. The lowest BCUT2D eigenvalue weighted by Crippen LogP contribution is -2.44. The van der Waals surface area contributed by atoms with Crippen LogP contribution >= 0.6 is 0 Å². The molecule has 1 aliphatic rings. The third kappa shape index (κ3) is 2.95. The largest absolute Gasteiger partial charge is 0.316 e. The summed E-state index contributed by atoms with van der Waals surface area (Å²) in [6.45, 7) is 6.04. The van der Waals surface area contributed by atoms with E-state index in [1.54, 1.807) is 0 Å². The Bertz CT molecular complexity index is 405. The minimum absolute atomic E-state index is 0.165. The highest BCUT2D eigenvalue weighted by molar-refractivity contribution is 5.86. The Balaban J connectivity index is 2.05. The first-order chi connectivity index (χ1) is 8.10. The van der Waals surface area contributed by atoms with E-state index in [4.69, 9.17) is 0 Å². The fourth-order valence-electron chi connectivity index (χ4n) is 2.52. The normalized spacial score (nSPS) is 24.6. The molecule has 0 spiro atoms. The van der Waals surface area contributed by atoms with Gasteiger partial charge in [0.2, 0.25) is 0 Å². The van der Waals surface area contributed by atoms with Crippen molar-refractivity contribution in [2.75, 3.05) is 13.1 Å². The van der Waals surface area contributed by atoms with Gasteiger partial charge in [0.25, 0.3) is 0 Å². The van der Waals surface area contributed by atoms with Crippen molar-refractivity contribution in [2.45, 2.75) is 33.1 Å². The minimum Gasteiger partial charge on any atom is -0.316 e. The van der Waals surface area contributed by atoms with Crippen LogP contribution in [0.15, 0.2) is 24.3 Å². The molecule has 1 N–H and O–H groups in total. The zero-order chi connectivity index (χ0) is 12.3. The van der Waals surface area contributed by atoms with Crippen LogP contribution in [0, 0.1) is 12.3 Å². The molecule has 1 unspecified atom stereocenters. The molecule has 1 atom stereocenters. The molecule has 0 bridgehead atoms. The van der Waals surface area contributed by atoms with Crippen LogP contribution in [0.1, 0.15) is 30.9 Å². The molecule has 92 valence electrons. The summed E-state index contributed by atoms with van der Waals surface area (Å²) < 4.78 is 0. The van der Waals surface area contributed by atoms with Crippen molar-refractivity contribution >= 4 is 5.78 Å². The van der Waals surface area contributed by atoms with Gasteiger partial charge >= 0.3 is 0 Å². The fourth-order valence-corrected chi connectivity index (χ4v) is 2.52. The van der Waals surface area contributed by atoms with Crippen LogP contribution in [0.25, 0.3) is 0 Å². The Hall–Kier alpha value is -1.15. The maximum Gasteiger partial charge on any atom is 0.144 e. The third-order valence-corrected chi connectivity index (χ3v) is 3.72. The predicted molar refractivity (Wildman–Crippen MR) is 70.1 cm³/mol. The summed E-state index contributed by atoms with van der Waals surface area (Å²) in [7, 11) is 0. The molecule has 0 radical (unpaired) electrons. The summed E-state index contributed by atoms with van der Waals surface area (Å²) in [6, 6.07) is 8.25. The highest BCUT2D eigenvalue weighted by atomic mass is 16.1. The topological polar surface area (TPSA) is 29.1 Å². The molecule has 1 heterocycles. The number of piperidine rings is 1. The van der Waals surface area contributed by atoms with Crippen molar-refractivity contribution in [3.63, 3.8) is 0 Å². The Morgan fingerprint density at radius 3 is 2.94 bits per heavy atom. The maximum absolute atomic E-state index is 12.4. The minimum atomic E-state index is -0.165. The highest BCUT2D eigenvalue weighted by Gasteiger charge is 2.33. The van der Waals surface area contributed by atoms with Gasteiger partial charge < -0.3 is 5.32 Å². The predicted octanol–water partition coefficient (Wildman–Crippen LogP) is 2.50. The molecule has 1 saturated heterocycles. The molecular formula is C15H21NO. The van der Waals surface area contributed by atoms with Crippen molar-refractivity contribution < 1.29 is 4.79 Å². The lowest BCUT2D eigenvalue weighted by Gasteiger charge is -2.32. The summed E-state index contributed by atoms with van der Waals surface area (Å²) in [5.41, 5.74) is 2.20. The molecule has 2 nitrogen and oxygen atoms in total. The van der Waals surface area contributed by atoms with Gasteiger partial charge in [-0.3, -0.25) is 4.79 Å². The molecule has 0 saturated carbocycles. The number of hydrogen-bond donors (Lipinski definition) is 1. The van der Waals surface area contributed by atoms with E-state index in [9.17, 15) is 4.79 Å². The lowest BCUT2D eigenvalue weighted by atomic mass is 9.77. The van der Waals surface area contributed by atoms with Gasteiger partial charge in [-0.2, -0.15) is 0 Å². The van der Waals surface area contributed by atoms with Crippen LogP contribution in [-0.4, -0.2) is 18.9 Å². The van der Waals surface area contributed by atoms with E-state index >= 15 is 0 Å². The van der Waals surface area contributed by atoms with E-state index < -0.39 is 0 Å². The smallest absolute Gasteiger partial charge is 0.144 e. The average molecular weight is 231 g/mol. The van der Waals surface area contributed by atoms with Gasteiger partial charge in [0, 0.05) is 18.4 Å². The van der Waals surface area contributed by atoms with Gasteiger partial charge in [0.1, 0.15) is 5.78 Å². The summed E-state index contributed by atoms with van der Waals surface area (Å²) in [4.78, 5) is 12.4. The molecule has 0 aromatic heterocycles. The van der Waals surface area contributed by atoms with Crippen molar-refractivity contribution in [3.8, 4) is 0 Å². The standard InChI is InChI=1S/C15H21NO/c1-12-5-3-6-13(9-12)10-14(17)15(2)7-4-8-16-11-15/h3,5-6,9,16H,4,7-8,10-11H2,1-2H3. The van der Waals surface area contributed by atoms with Crippen LogP contribution < -0.4 is 5.32 Å². The van der Waals surface area contributed by atoms with Crippen molar-refractivity contribution in [3.05, 3.63) is 35.4 Å². The van der Waals surface area contributed by atoms with Gasteiger partial charge in [-0.25, -0.2) is 0 Å². The third-order valence-electron chi connectivity index (χ3n) is 3.72. The average Bonchev–Trinajstić information content (AvgIpc) is 2.30. The molecule has 0 aliphatic carbocycles. The Morgan fingerprint density at radius 1 is 1.47 bits per heavy atom. The fraction of sp³-hybridized carbons (Fsp3) is 0.533. The first-order valence-electron chi connectivity index (χ1n) is 6.40. The monoisotopic (exact) mass is 231 g/mol. The van der Waals surface area contributed by atoms with Crippen LogP contribution in [0.4, 0.5) is 0 Å². The first-order valence-corrected chi connectivity index (χ1v) is 6.40. The molecule has 1 aromatic rings. The Labute approximate surface area is 103 Å². The van der Waals surface area contributed by atoms with E-state index in [-0.39, 0.29) is 5.41 Å². The van der Waals surface area contributed by atoms with Crippen molar-refractivity contribution in [1.29, 1.82) is 0 Å². The number of rotatable bonds is 3. The van der Waals surface area contributed by atoms with Gasteiger partial charge in [-0.1, -0.05) is 36.8 Å². The SMILES string of the molecule is Cc1cccc(CC(=O)C2(C)CCCNC2)c1. The summed E-state index contributed by atoms with van der Waals surface area (Å²) in [5.74, 6) is 0.371. The first kappa shape index (κ1) is 12.3. The second kappa shape index (κ2) is 5.01. The van der Waals surface area contributed by atoms with E-state index in [2.05, 4.69) is 31.3 Å². The number of nitrogens with one attached hydrogen (secondary N) is 1. The Kier molecular flexibility index (Phi) is 3.63. The van der Waals surface area contributed by atoms with Crippen LogP contribution in [0.2, 0.25) is 0 Å². The zero-order valence-corrected chi connectivity index (χ0v) is 10.8. The molecule has 1 fully saturated rings. The lowest BCUT2D eigenvalue weighted by molar-refractivity contribution is -0.128. The van der Waals surface area contributed by atoms with Gasteiger partial charge in [-0.15, -0.1) is 0 Å². The van der Waals surface area contributed by atoms with E-state index in [1.165, 1.54) is 5.56 Å². The number of carbonyl (C=O) groups excluding carboxylic acids is 1. The maximum atomic E-state index is 12.4. The highest BCUT2D eigenvalue weighted by Crippen LogP contribution is 2.28. The zero-order valence-electron chi connectivity index (χ0n) is 10.8. The molecular weight excluding hydrogens is 210 g/mol. The number of ketones is 1. The molecule has 1 aromatic carbocycles. The molecule has 17 heavy (non-hydrogen) atoms. The molecule has 0 amide bonds. The van der Waals surface area contributed by atoms with Crippen molar-refractivity contribution in [1.82, 2.24) is 5.32 Å². The number of carbonyl (C=O) groups is 1.